The number of amides is 1. The summed E-state index contributed by atoms with van der Waals surface area (Å²) in [6, 6.07) is 11.9. The number of hydrogen-bond acceptors (Lipinski definition) is 5. The predicted molar refractivity (Wildman–Crippen MR) is 171 cm³/mol. The summed E-state index contributed by atoms with van der Waals surface area (Å²) in [7, 11) is -1.16. The third-order valence-corrected chi connectivity index (χ3v) is 9.91. The highest BCUT2D eigenvalue weighted by Crippen LogP contribution is 2.39. The van der Waals surface area contributed by atoms with E-state index in [0.717, 1.165) is 39.2 Å². The van der Waals surface area contributed by atoms with Gasteiger partial charge in [0, 0.05) is 54.8 Å². The summed E-state index contributed by atoms with van der Waals surface area (Å²) in [6.45, 7) is 17.3. The lowest BCUT2D eigenvalue weighted by Crippen LogP contribution is -2.48. The van der Waals surface area contributed by atoms with Crippen LogP contribution in [0.1, 0.15) is 57.8 Å². The number of nitrogens with zero attached hydrogens (tertiary/aromatic N) is 3. The van der Waals surface area contributed by atoms with E-state index < -0.39 is 13.7 Å². The van der Waals surface area contributed by atoms with Gasteiger partial charge in [0.05, 0.1) is 18.2 Å². The highest BCUT2D eigenvalue weighted by Gasteiger charge is 2.39. The summed E-state index contributed by atoms with van der Waals surface area (Å²) in [5.74, 6) is -0.272. The molecule has 1 atom stereocenters. The van der Waals surface area contributed by atoms with E-state index >= 15 is 0 Å². The van der Waals surface area contributed by atoms with E-state index in [1.807, 2.05) is 50.7 Å². The molecule has 7 nitrogen and oxygen atoms in total. The Hall–Kier alpha value is -2.27. The largest absolute Gasteiger partial charge is 0.444 e. The van der Waals surface area contributed by atoms with Gasteiger partial charge in [0.2, 0.25) is 0 Å². The molecule has 1 aliphatic rings. The Morgan fingerprint density at radius 1 is 1.14 bits per heavy atom. The molecule has 1 amide bonds. The summed E-state index contributed by atoms with van der Waals surface area (Å²) < 4.78 is 34.8. The number of benzene rings is 2. The molecule has 1 aliphatic heterocycles. The molecule has 0 saturated carbocycles. The fourth-order valence-electron chi connectivity index (χ4n) is 5.22. The monoisotopic (exact) mass is 661 g/mol. The lowest BCUT2D eigenvalue weighted by molar-refractivity contribution is -0.00936. The van der Waals surface area contributed by atoms with Crippen LogP contribution in [0, 0.1) is 5.82 Å². The average Bonchev–Trinajstić information content (AvgIpc) is 3.31. The lowest BCUT2D eigenvalue weighted by Gasteiger charge is -2.42. The van der Waals surface area contributed by atoms with Gasteiger partial charge in [-0.2, -0.15) is 5.10 Å². The molecule has 4 rings (SSSR count). The van der Waals surface area contributed by atoms with Crippen LogP contribution in [0.5, 0.6) is 0 Å². The summed E-state index contributed by atoms with van der Waals surface area (Å²) >= 11 is 3.66. The number of carbonyl (C=O) groups is 1. The molecule has 0 bridgehead atoms. The van der Waals surface area contributed by atoms with Gasteiger partial charge in [-0.05, 0) is 76.4 Å². The van der Waals surface area contributed by atoms with E-state index in [9.17, 15) is 9.18 Å². The van der Waals surface area contributed by atoms with E-state index in [1.165, 1.54) is 12.1 Å². The third kappa shape index (κ3) is 8.64. The van der Waals surface area contributed by atoms with Gasteiger partial charge >= 0.3 is 6.09 Å². The Balaban J connectivity index is 1.50. The van der Waals surface area contributed by atoms with Crippen molar-refractivity contribution in [3.63, 3.8) is 0 Å². The number of aromatic nitrogens is 2. The number of halogens is 2. The standard InChI is InChI=1S/C32H45BrFN3O4Si/c1-23(28-19-26(33)18-24-20-37(35-29(24)28)22-39-16-17-42(5,6)7)40-21-32(25-8-10-27(34)11-9-25)12-14-36(15-13-32)30(38)41-31(2,3)4/h8-11,18-20,23H,12-17,21-22H2,1-7H3. The SMILES string of the molecule is CC(OCC1(c2ccc(F)cc2)CCN(C(=O)OC(C)(C)C)CC1)c1cc(Br)cc2cn(COCC[Si](C)(C)C)nc12. The maximum Gasteiger partial charge on any atom is 0.410 e. The Morgan fingerprint density at radius 3 is 2.43 bits per heavy atom. The summed E-state index contributed by atoms with van der Waals surface area (Å²) in [5.41, 5.74) is 1.97. The van der Waals surface area contributed by atoms with Crippen LogP contribution >= 0.6 is 15.9 Å². The molecule has 1 unspecified atom stereocenters. The fraction of sp³-hybridized carbons (Fsp3) is 0.562. The van der Waals surface area contributed by atoms with Crippen LogP contribution in [-0.4, -0.2) is 60.8 Å². The molecule has 2 aromatic carbocycles. The minimum Gasteiger partial charge on any atom is -0.444 e. The van der Waals surface area contributed by atoms with Crippen LogP contribution in [-0.2, 0) is 26.4 Å². The molecule has 10 heteroatoms. The van der Waals surface area contributed by atoms with Gasteiger partial charge in [-0.3, -0.25) is 0 Å². The van der Waals surface area contributed by atoms with Crippen LogP contribution in [0.4, 0.5) is 9.18 Å². The number of carbonyl (C=O) groups excluding carboxylic acids is 1. The van der Waals surface area contributed by atoms with Crippen LogP contribution in [0.25, 0.3) is 10.9 Å². The quantitative estimate of drug-likeness (QED) is 0.162. The molecule has 1 aromatic heterocycles. The molecular formula is C32H45BrFN3O4Si. The molecule has 230 valence electrons. The van der Waals surface area contributed by atoms with Crippen molar-refractivity contribution in [2.24, 2.45) is 0 Å². The number of fused-ring (bicyclic) bond motifs is 1. The van der Waals surface area contributed by atoms with Crippen LogP contribution < -0.4 is 0 Å². The van der Waals surface area contributed by atoms with Gasteiger partial charge in [0.15, 0.2) is 0 Å². The molecule has 0 aliphatic carbocycles. The number of piperidine rings is 1. The summed E-state index contributed by atoms with van der Waals surface area (Å²) in [4.78, 5) is 14.5. The topological polar surface area (TPSA) is 65.8 Å². The second-order valence-corrected chi connectivity index (χ2v) is 20.2. The van der Waals surface area contributed by atoms with E-state index in [4.69, 9.17) is 19.3 Å². The van der Waals surface area contributed by atoms with Crippen molar-refractivity contribution in [2.45, 2.75) is 90.1 Å². The van der Waals surface area contributed by atoms with Crippen molar-refractivity contribution in [1.29, 1.82) is 0 Å². The van der Waals surface area contributed by atoms with Crippen molar-refractivity contribution < 1.29 is 23.4 Å². The minimum absolute atomic E-state index is 0.248. The molecule has 0 spiro atoms. The Labute approximate surface area is 258 Å². The highest BCUT2D eigenvalue weighted by atomic mass is 79.9. The maximum atomic E-state index is 13.9. The normalized spacial score (nSPS) is 16.5. The first-order chi connectivity index (χ1) is 19.6. The van der Waals surface area contributed by atoms with Crippen molar-refractivity contribution in [3.8, 4) is 0 Å². The third-order valence-electron chi connectivity index (χ3n) is 7.75. The Kier molecular flexibility index (Phi) is 10.2. The van der Waals surface area contributed by atoms with Gasteiger partial charge in [-0.15, -0.1) is 0 Å². The van der Waals surface area contributed by atoms with Gasteiger partial charge in [0.25, 0.3) is 0 Å². The first kappa shape index (κ1) is 32.6. The number of hydrogen-bond donors (Lipinski definition) is 0. The van der Waals surface area contributed by atoms with Gasteiger partial charge < -0.3 is 19.1 Å². The first-order valence-corrected chi connectivity index (χ1v) is 19.2. The van der Waals surface area contributed by atoms with Gasteiger partial charge in [-0.1, -0.05) is 47.7 Å². The molecule has 3 aromatic rings. The Bertz CT molecular complexity index is 1360. The smallest absolute Gasteiger partial charge is 0.410 e. The summed E-state index contributed by atoms with van der Waals surface area (Å²) in [5, 5.41) is 5.87. The fourth-order valence-corrected chi connectivity index (χ4v) is 6.47. The molecular weight excluding hydrogens is 617 g/mol. The van der Waals surface area contributed by atoms with E-state index in [2.05, 4.69) is 47.7 Å². The minimum atomic E-state index is -1.16. The van der Waals surface area contributed by atoms with E-state index in [0.29, 0.717) is 39.3 Å². The number of rotatable bonds is 10. The predicted octanol–water partition coefficient (Wildman–Crippen LogP) is 8.30. The van der Waals surface area contributed by atoms with Crippen LogP contribution in [0.2, 0.25) is 25.7 Å². The Morgan fingerprint density at radius 2 is 1.81 bits per heavy atom. The number of likely N-dealkylation sites (tertiary alicyclic amines) is 1. The maximum absolute atomic E-state index is 13.9. The molecule has 42 heavy (non-hydrogen) atoms. The zero-order chi connectivity index (χ0) is 30.7. The zero-order valence-corrected chi connectivity index (χ0v) is 28.6. The van der Waals surface area contributed by atoms with Gasteiger partial charge in [-0.25, -0.2) is 13.9 Å². The lowest BCUT2D eigenvalue weighted by atomic mass is 9.73. The van der Waals surface area contributed by atoms with Crippen molar-refractivity contribution in [3.05, 3.63) is 64.0 Å². The van der Waals surface area contributed by atoms with E-state index in [1.54, 1.807) is 4.90 Å². The van der Waals surface area contributed by atoms with E-state index in [-0.39, 0.29) is 23.4 Å². The molecule has 0 N–H and O–H groups in total. The first-order valence-electron chi connectivity index (χ1n) is 14.7. The summed E-state index contributed by atoms with van der Waals surface area (Å²) in [6.07, 6.45) is 2.82. The molecule has 0 radical (unpaired) electrons. The second-order valence-electron chi connectivity index (χ2n) is 13.7. The number of ether oxygens (including phenoxy) is 3. The van der Waals surface area contributed by atoms with Crippen molar-refractivity contribution in [1.82, 2.24) is 14.7 Å². The highest BCUT2D eigenvalue weighted by molar-refractivity contribution is 9.10. The average molecular weight is 663 g/mol. The van der Waals surface area contributed by atoms with Crippen LogP contribution in [0.15, 0.2) is 47.1 Å². The second kappa shape index (κ2) is 13.2. The van der Waals surface area contributed by atoms with Crippen LogP contribution in [0.3, 0.4) is 0 Å². The molecule has 1 fully saturated rings. The van der Waals surface area contributed by atoms with Crippen molar-refractivity contribution >= 4 is 41.0 Å². The molecule has 2 heterocycles. The molecule has 1 saturated heterocycles. The van der Waals surface area contributed by atoms with Gasteiger partial charge in [0.1, 0.15) is 18.1 Å². The zero-order valence-electron chi connectivity index (χ0n) is 26.0. The van der Waals surface area contributed by atoms with Crippen molar-refractivity contribution in [2.75, 3.05) is 26.3 Å².